The zero-order chi connectivity index (χ0) is 9.90. The maximum absolute atomic E-state index is 11.2. The Bertz CT molecular complexity index is 426. The summed E-state index contributed by atoms with van der Waals surface area (Å²) in [6.07, 6.45) is 5.13. The molecule has 1 aromatic carbocycles. The predicted molar refractivity (Wildman–Crippen MR) is 50.6 cm³/mol. The summed E-state index contributed by atoms with van der Waals surface area (Å²) in [7, 11) is -1.98. The summed E-state index contributed by atoms with van der Waals surface area (Å²) in [5.74, 6) is 2.41. The Morgan fingerprint density at radius 1 is 1.31 bits per heavy atom. The van der Waals surface area contributed by atoms with Crippen LogP contribution < -0.4 is 4.72 Å². The Balaban J connectivity index is 3.15. The molecule has 0 fully saturated rings. The minimum atomic E-state index is -3.34. The molecule has 0 saturated carbocycles. The van der Waals surface area contributed by atoms with Crippen molar-refractivity contribution in [3.05, 3.63) is 29.8 Å². The normalized spacial score (nSPS) is 10.8. The molecular weight excluding hydrogens is 186 g/mol. The number of nitrogens with one attached hydrogen (secondary N) is 1. The molecule has 0 spiro atoms. The van der Waals surface area contributed by atoms with Crippen LogP contribution in [0.15, 0.2) is 29.2 Å². The molecule has 1 aromatic rings. The summed E-state index contributed by atoms with van der Waals surface area (Å²) in [4.78, 5) is 0.217. The molecule has 0 aromatic heterocycles. The molecule has 1 rings (SSSR count). The van der Waals surface area contributed by atoms with Gasteiger partial charge in [0.15, 0.2) is 0 Å². The average Bonchev–Trinajstić information content (AvgIpc) is 2.18. The van der Waals surface area contributed by atoms with Crippen LogP contribution in [0.4, 0.5) is 0 Å². The van der Waals surface area contributed by atoms with Crippen LogP contribution in [0, 0.1) is 12.3 Å². The lowest BCUT2D eigenvalue weighted by Gasteiger charge is -2.01. The monoisotopic (exact) mass is 195 g/mol. The maximum atomic E-state index is 11.2. The van der Waals surface area contributed by atoms with Crippen molar-refractivity contribution in [1.29, 1.82) is 0 Å². The van der Waals surface area contributed by atoms with Crippen LogP contribution >= 0.6 is 0 Å². The molecular formula is C9H9NO2S. The van der Waals surface area contributed by atoms with Gasteiger partial charge in [-0.3, -0.25) is 0 Å². The van der Waals surface area contributed by atoms with Gasteiger partial charge in [-0.05, 0) is 31.3 Å². The molecule has 0 aliphatic rings. The molecule has 0 aliphatic heterocycles. The maximum Gasteiger partial charge on any atom is 0.240 e. The van der Waals surface area contributed by atoms with Gasteiger partial charge in [-0.1, -0.05) is 5.92 Å². The third-order valence-corrected chi connectivity index (χ3v) is 3.03. The fourth-order valence-corrected chi connectivity index (χ4v) is 1.58. The topological polar surface area (TPSA) is 46.2 Å². The van der Waals surface area contributed by atoms with Crippen molar-refractivity contribution >= 4 is 10.0 Å². The Labute approximate surface area is 77.8 Å². The Kier molecular flexibility index (Phi) is 2.71. The molecule has 0 heterocycles. The minimum Gasteiger partial charge on any atom is -0.214 e. The molecule has 0 unspecified atom stereocenters. The van der Waals surface area contributed by atoms with Gasteiger partial charge < -0.3 is 0 Å². The highest BCUT2D eigenvalue weighted by Crippen LogP contribution is 2.08. The quantitative estimate of drug-likeness (QED) is 0.701. The van der Waals surface area contributed by atoms with Crippen LogP contribution in [0.25, 0.3) is 0 Å². The number of terminal acetylenes is 1. The van der Waals surface area contributed by atoms with Gasteiger partial charge >= 0.3 is 0 Å². The van der Waals surface area contributed by atoms with Crippen molar-refractivity contribution in [2.24, 2.45) is 0 Å². The average molecular weight is 195 g/mol. The van der Waals surface area contributed by atoms with Gasteiger partial charge in [-0.25, -0.2) is 13.1 Å². The highest BCUT2D eigenvalue weighted by Gasteiger charge is 2.09. The smallest absolute Gasteiger partial charge is 0.214 e. The minimum absolute atomic E-state index is 0.217. The summed E-state index contributed by atoms with van der Waals surface area (Å²) in [5, 5.41) is 0. The van der Waals surface area contributed by atoms with Gasteiger partial charge in [-0.15, -0.1) is 6.42 Å². The van der Waals surface area contributed by atoms with Crippen LogP contribution in [0.2, 0.25) is 0 Å². The van der Waals surface area contributed by atoms with Crippen LogP contribution in [0.5, 0.6) is 0 Å². The number of hydrogen-bond donors (Lipinski definition) is 1. The SMILES string of the molecule is C#Cc1ccc(S(=O)(=O)NC)cc1. The Morgan fingerprint density at radius 2 is 1.85 bits per heavy atom. The van der Waals surface area contributed by atoms with Gasteiger partial charge in [-0.2, -0.15) is 0 Å². The third kappa shape index (κ3) is 2.08. The first-order chi connectivity index (χ1) is 6.10. The van der Waals surface area contributed by atoms with E-state index in [1.165, 1.54) is 19.2 Å². The van der Waals surface area contributed by atoms with E-state index in [0.717, 1.165) is 0 Å². The molecule has 0 aliphatic carbocycles. The molecule has 3 nitrogen and oxygen atoms in total. The lowest BCUT2D eigenvalue weighted by molar-refractivity contribution is 0.588. The van der Waals surface area contributed by atoms with E-state index in [1.807, 2.05) is 0 Å². The van der Waals surface area contributed by atoms with Crippen LogP contribution in [-0.2, 0) is 10.0 Å². The third-order valence-electron chi connectivity index (χ3n) is 1.60. The van der Waals surface area contributed by atoms with Crippen LogP contribution in [0.3, 0.4) is 0 Å². The van der Waals surface area contributed by atoms with E-state index in [0.29, 0.717) is 5.56 Å². The van der Waals surface area contributed by atoms with Crippen molar-refractivity contribution in [1.82, 2.24) is 4.72 Å². The first kappa shape index (κ1) is 9.78. The van der Waals surface area contributed by atoms with E-state index >= 15 is 0 Å². The van der Waals surface area contributed by atoms with E-state index in [2.05, 4.69) is 10.6 Å². The van der Waals surface area contributed by atoms with Gasteiger partial charge in [0, 0.05) is 5.56 Å². The second-order valence-electron chi connectivity index (χ2n) is 2.38. The Morgan fingerprint density at radius 3 is 2.23 bits per heavy atom. The fourth-order valence-electron chi connectivity index (χ4n) is 0.848. The molecule has 13 heavy (non-hydrogen) atoms. The molecule has 0 atom stereocenters. The summed E-state index contributed by atoms with van der Waals surface area (Å²) in [6, 6.07) is 6.12. The molecule has 0 bridgehead atoms. The molecule has 68 valence electrons. The van der Waals surface area contributed by atoms with E-state index in [-0.39, 0.29) is 4.90 Å². The van der Waals surface area contributed by atoms with E-state index in [1.54, 1.807) is 12.1 Å². The summed E-state index contributed by atoms with van der Waals surface area (Å²) in [6.45, 7) is 0. The number of sulfonamides is 1. The predicted octanol–water partition coefficient (Wildman–Crippen LogP) is 0.576. The highest BCUT2D eigenvalue weighted by atomic mass is 32.2. The summed E-state index contributed by atoms with van der Waals surface area (Å²) < 4.78 is 24.7. The van der Waals surface area contributed by atoms with Gasteiger partial charge in [0.1, 0.15) is 0 Å². The number of hydrogen-bond acceptors (Lipinski definition) is 2. The second-order valence-corrected chi connectivity index (χ2v) is 4.26. The van der Waals surface area contributed by atoms with E-state index < -0.39 is 10.0 Å². The molecule has 4 heteroatoms. The van der Waals surface area contributed by atoms with Crippen molar-refractivity contribution < 1.29 is 8.42 Å². The number of rotatable bonds is 2. The zero-order valence-corrected chi connectivity index (χ0v) is 7.93. The standard InChI is InChI=1S/C9H9NO2S/c1-3-8-4-6-9(7-5-8)13(11,12)10-2/h1,4-7,10H,2H3. The molecule has 0 radical (unpaired) electrons. The first-order valence-electron chi connectivity index (χ1n) is 3.60. The van der Waals surface area contributed by atoms with Gasteiger partial charge in [0.05, 0.1) is 4.90 Å². The van der Waals surface area contributed by atoms with Crippen molar-refractivity contribution in [2.45, 2.75) is 4.90 Å². The Hall–Kier alpha value is -1.31. The van der Waals surface area contributed by atoms with Crippen LogP contribution in [-0.4, -0.2) is 15.5 Å². The summed E-state index contributed by atoms with van der Waals surface area (Å²) >= 11 is 0. The second kappa shape index (κ2) is 3.60. The van der Waals surface area contributed by atoms with Gasteiger partial charge in [0.2, 0.25) is 10.0 Å². The van der Waals surface area contributed by atoms with Gasteiger partial charge in [0.25, 0.3) is 0 Å². The fraction of sp³-hybridized carbons (Fsp3) is 0.111. The molecule has 0 saturated heterocycles. The number of benzene rings is 1. The molecule has 0 amide bonds. The van der Waals surface area contributed by atoms with Crippen molar-refractivity contribution in [3.63, 3.8) is 0 Å². The van der Waals surface area contributed by atoms with Crippen LogP contribution in [0.1, 0.15) is 5.56 Å². The lowest BCUT2D eigenvalue weighted by atomic mass is 10.2. The first-order valence-corrected chi connectivity index (χ1v) is 5.08. The highest BCUT2D eigenvalue weighted by molar-refractivity contribution is 7.89. The van der Waals surface area contributed by atoms with Crippen molar-refractivity contribution in [3.8, 4) is 12.3 Å². The van der Waals surface area contributed by atoms with E-state index in [4.69, 9.17) is 6.42 Å². The van der Waals surface area contributed by atoms with E-state index in [9.17, 15) is 8.42 Å². The lowest BCUT2D eigenvalue weighted by Crippen LogP contribution is -2.18. The zero-order valence-electron chi connectivity index (χ0n) is 7.11. The molecule has 1 N–H and O–H groups in total. The van der Waals surface area contributed by atoms with Crippen molar-refractivity contribution in [2.75, 3.05) is 7.05 Å². The largest absolute Gasteiger partial charge is 0.240 e. The summed E-state index contributed by atoms with van der Waals surface area (Å²) in [5.41, 5.74) is 0.662.